The van der Waals surface area contributed by atoms with Gasteiger partial charge >= 0.3 is 0 Å². The van der Waals surface area contributed by atoms with Gasteiger partial charge in [0.15, 0.2) is 34.6 Å². The normalized spacial score (nSPS) is 13.5. The molecule has 0 spiro atoms. The standard InChI is InChI=1S/C28H14O6/c29-25-15-7-1-3-9-17(15)27(31)23-19(25)11-5-13-21(23)33-34-22-14-6-12-20-24(22)28(32)18-10-4-2-8-16(18)26(20)30/h1-14H. The Bertz CT molecular complexity index is 1460. The molecule has 0 N–H and O–H groups in total. The minimum atomic E-state index is -0.361. The van der Waals surface area contributed by atoms with E-state index in [1.807, 2.05) is 0 Å². The average Bonchev–Trinajstić information content (AvgIpc) is 2.88. The van der Waals surface area contributed by atoms with E-state index in [0.717, 1.165) is 0 Å². The summed E-state index contributed by atoms with van der Waals surface area (Å²) in [5, 5.41) is 0. The zero-order chi connectivity index (χ0) is 23.4. The highest BCUT2D eigenvalue weighted by Gasteiger charge is 2.34. The average molecular weight is 446 g/mol. The van der Waals surface area contributed by atoms with E-state index in [-0.39, 0.29) is 68.0 Å². The minimum Gasteiger partial charge on any atom is -0.289 e. The van der Waals surface area contributed by atoms with E-state index in [0.29, 0.717) is 11.1 Å². The second-order valence-electron chi connectivity index (χ2n) is 7.93. The Morgan fingerprint density at radius 1 is 0.353 bits per heavy atom. The van der Waals surface area contributed by atoms with Gasteiger partial charge in [-0.05, 0) is 12.1 Å². The lowest BCUT2D eigenvalue weighted by Gasteiger charge is -2.21. The Morgan fingerprint density at radius 2 is 0.676 bits per heavy atom. The Balaban J connectivity index is 1.39. The Labute approximate surface area is 193 Å². The fourth-order valence-corrected chi connectivity index (χ4v) is 4.46. The van der Waals surface area contributed by atoms with E-state index < -0.39 is 0 Å². The van der Waals surface area contributed by atoms with Crippen LogP contribution >= 0.6 is 0 Å². The van der Waals surface area contributed by atoms with Crippen LogP contribution in [0.25, 0.3) is 0 Å². The van der Waals surface area contributed by atoms with Gasteiger partial charge < -0.3 is 0 Å². The lowest BCUT2D eigenvalue weighted by atomic mass is 9.83. The number of rotatable bonds is 3. The minimum absolute atomic E-state index is 0.0398. The molecule has 0 amide bonds. The van der Waals surface area contributed by atoms with E-state index in [1.165, 1.54) is 12.1 Å². The number of benzene rings is 4. The lowest BCUT2D eigenvalue weighted by molar-refractivity contribution is -0.101. The molecule has 0 saturated heterocycles. The summed E-state index contributed by atoms with van der Waals surface area (Å²) in [6.07, 6.45) is 0. The third-order valence-corrected chi connectivity index (χ3v) is 6.05. The Hall–Kier alpha value is -4.84. The molecule has 4 aromatic rings. The first-order chi connectivity index (χ1) is 16.6. The quantitative estimate of drug-likeness (QED) is 0.292. The van der Waals surface area contributed by atoms with E-state index in [2.05, 4.69) is 0 Å². The summed E-state index contributed by atoms with van der Waals surface area (Å²) < 4.78 is 0. The molecular weight excluding hydrogens is 432 g/mol. The van der Waals surface area contributed by atoms with Crippen LogP contribution in [0.3, 0.4) is 0 Å². The van der Waals surface area contributed by atoms with Gasteiger partial charge in [-0.1, -0.05) is 72.8 Å². The van der Waals surface area contributed by atoms with Gasteiger partial charge in [-0.15, -0.1) is 0 Å². The molecule has 6 heteroatoms. The maximum absolute atomic E-state index is 13.2. The van der Waals surface area contributed by atoms with E-state index in [1.54, 1.807) is 72.8 Å². The molecule has 0 radical (unpaired) electrons. The van der Waals surface area contributed by atoms with Crippen LogP contribution in [0.2, 0.25) is 0 Å². The fraction of sp³-hybridized carbons (Fsp3) is 0. The number of carbonyl (C=O) groups excluding carboxylic acids is 4. The maximum atomic E-state index is 13.2. The molecule has 4 aromatic carbocycles. The highest BCUT2D eigenvalue weighted by atomic mass is 17.2. The van der Waals surface area contributed by atoms with Crippen LogP contribution in [0.1, 0.15) is 63.7 Å². The molecule has 0 unspecified atom stereocenters. The van der Waals surface area contributed by atoms with Gasteiger partial charge in [0.25, 0.3) is 0 Å². The third-order valence-electron chi connectivity index (χ3n) is 6.05. The summed E-state index contributed by atoms with van der Waals surface area (Å²) in [7, 11) is 0. The third kappa shape index (κ3) is 2.75. The van der Waals surface area contributed by atoms with Gasteiger partial charge in [0.2, 0.25) is 0 Å². The predicted molar refractivity (Wildman–Crippen MR) is 121 cm³/mol. The van der Waals surface area contributed by atoms with Crippen molar-refractivity contribution in [3.63, 3.8) is 0 Å². The molecule has 0 aromatic heterocycles. The number of carbonyl (C=O) groups is 4. The predicted octanol–water partition coefficient (Wildman–Crippen LogP) is 4.61. The van der Waals surface area contributed by atoms with Crippen LogP contribution in [0.15, 0.2) is 84.9 Å². The maximum Gasteiger partial charge on any atom is 0.198 e. The summed E-state index contributed by atoms with van der Waals surface area (Å²) >= 11 is 0. The SMILES string of the molecule is O=C1c2ccccc2C(=O)c2c(OOc3cccc4c3C(=O)c3ccccc3C4=O)cccc21. The van der Waals surface area contributed by atoms with Crippen molar-refractivity contribution in [2.45, 2.75) is 0 Å². The van der Waals surface area contributed by atoms with Crippen molar-refractivity contribution in [1.82, 2.24) is 0 Å². The molecule has 0 fully saturated rings. The summed E-state index contributed by atoms with van der Waals surface area (Å²) in [5.41, 5.74) is 1.82. The van der Waals surface area contributed by atoms with E-state index in [9.17, 15) is 19.2 Å². The molecule has 0 bridgehead atoms. The highest BCUT2D eigenvalue weighted by molar-refractivity contribution is 6.30. The first-order valence-electron chi connectivity index (χ1n) is 10.5. The Kier molecular flexibility index (Phi) is 4.28. The van der Waals surface area contributed by atoms with Gasteiger partial charge in [0.1, 0.15) is 0 Å². The largest absolute Gasteiger partial charge is 0.289 e. The molecule has 162 valence electrons. The van der Waals surface area contributed by atoms with E-state index in [4.69, 9.17) is 9.78 Å². The van der Waals surface area contributed by atoms with Gasteiger partial charge in [0.05, 0.1) is 11.1 Å². The van der Waals surface area contributed by atoms with Crippen molar-refractivity contribution in [2.75, 3.05) is 0 Å². The summed E-state index contributed by atoms with van der Waals surface area (Å²) in [6.45, 7) is 0. The molecule has 34 heavy (non-hydrogen) atoms. The summed E-state index contributed by atoms with van der Waals surface area (Å²) in [4.78, 5) is 63.3. The van der Waals surface area contributed by atoms with Crippen LogP contribution in [-0.4, -0.2) is 23.1 Å². The van der Waals surface area contributed by atoms with Crippen molar-refractivity contribution in [2.24, 2.45) is 0 Å². The van der Waals surface area contributed by atoms with Crippen LogP contribution in [0.5, 0.6) is 11.5 Å². The molecular formula is C28H14O6. The second kappa shape index (κ2) is 7.35. The molecule has 0 heterocycles. The number of fused-ring (bicyclic) bond motifs is 4. The summed E-state index contributed by atoms with van der Waals surface area (Å²) in [5.74, 6) is -1.22. The van der Waals surface area contributed by atoms with Crippen molar-refractivity contribution in [3.8, 4) is 11.5 Å². The number of hydrogen-bond donors (Lipinski definition) is 0. The monoisotopic (exact) mass is 446 g/mol. The van der Waals surface area contributed by atoms with Crippen molar-refractivity contribution in [3.05, 3.63) is 129 Å². The topological polar surface area (TPSA) is 86.7 Å². The van der Waals surface area contributed by atoms with Crippen LogP contribution < -0.4 is 9.78 Å². The fourth-order valence-electron chi connectivity index (χ4n) is 4.46. The van der Waals surface area contributed by atoms with Gasteiger partial charge in [-0.2, -0.15) is 0 Å². The molecule has 2 aliphatic carbocycles. The molecule has 2 aliphatic rings. The molecule has 0 aliphatic heterocycles. The first kappa shape index (κ1) is 19.8. The molecule has 6 rings (SSSR count). The van der Waals surface area contributed by atoms with Crippen LogP contribution in [-0.2, 0) is 0 Å². The van der Waals surface area contributed by atoms with Gasteiger partial charge in [-0.3, -0.25) is 29.0 Å². The zero-order valence-corrected chi connectivity index (χ0v) is 17.5. The molecule has 6 nitrogen and oxygen atoms in total. The summed E-state index contributed by atoms with van der Waals surface area (Å²) in [6, 6.07) is 22.5. The van der Waals surface area contributed by atoms with Gasteiger partial charge in [0, 0.05) is 33.4 Å². The second-order valence-corrected chi connectivity index (χ2v) is 7.93. The number of ketones is 4. The smallest absolute Gasteiger partial charge is 0.198 e. The first-order valence-corrected chi connectivity index (χ1v) is 10.5. The lowest BCUT2D eigenvalue weighted by Crippen LogP contribution is -2.23. The molecule has 0 saturated carbocycles. The van der Waals surface area contributed by atoms with Crippen molar-refractivity contribution < 1.29 is 29.0 Å². The number of hydrogen-bond acceptors (Lipinski definition) is 6. The zero-order valence-electron chi connectivity index (χ0n) is 17.5. The van der Waals surface area contributed by atoms with Crippen LogP contribution in [0.4, 0.5) is 0 Å². The van der Waals surface area contributed by atoms with Crippen molar-refractivity contribution in [1.29, 1.82) is 0 Å². The highest BCUT2D eigenvalue weighted by Crippen LogP contribution is 2.36. The van der Waals surface area contributed by atoms with E-state index >= 15 is 0 Å². The van der Waals surface area contributed by atoms with Crippen LogP contribution in [0, 0.1) is 0 Å². The van der Waals surface area contributed by atoms with Crippen molar-refractivity contribution >= 4 is 23.1 Å². The Morgan fingerprint density at radius 3 is 1.06 bits per heavy atom. The molecule has 0 atom stereocenters. The van der Waals surface area contributed by atoms with Gasteiger partial charge in [-0.25, -0.2) is 0 Å².